The number of Topliss-reactive ketones (excluding diaryl/α,β-unsaturated/α-hetero) is 1. The van der Waals surface area contributed by atoms with E-state index in [2.05, 4.69) is 6.92 Å². The van der Waals surface area contributed by atoms with Crippen molar-refractivity contribution in [2.24, 2.45) is 0 Å². The average Bonchev–Trinajstić information content (AvgIpc) is 2.15. The van der Waals surface area contributed by atoms with Crippen LogP contribution in [0.2, 0.25) is 0 Å². The van der Waals surface area contributed by atoms with Gasteiger partial charge in [-0.3, -0.25) is 0 Å². The minimum absolute atomic E-state index is 0. The molecule has 0 aliphatic carbocycles. The summed E-state index contributed by atoms with van der Waals surface area (Å²) in [5.41, 5.74) is 0. The molecule has 0 aliphatic rings. The van der Waals surface area contributed by atoms with Gasteiger partial charge in [-0.15, -0.1) is 0 Å². The van der Waals surface area contributed by atoms with Gasteiger partial charge in [-0.25, -0.2) is 0 Å². The molecule has 0 aliphatic heterocycles. The Bertz CT molecular complexity index is 134. The molecule has 0 amide bonds. The molecule has 0 saturated heterocycles. The number of unbranched alkanes of at least 4 members (excludes halogenated alkanes) is 8. The number of carbonyl (C=O) groups is 1. The van der Waals surface area contributed by atoms with Crippen molar-refractivity contribution in [3.8, 4) is 0 Å². The molecule has 15 heavy (non-hydrogen) atoms. The van der Waals surface area contributed by atoms with Crippen LogP contribution in [0.1, 0.15) is 78.1 Å². The van der Waals surface area contributed by atoms with Gasteiger partial charge in [-0.05, 0) is 13.3 Å². The average molecular weight is 238 g/mol. The van der Waals surface area contributed by atoms with E-state index in [-0.39, 0.29) is 51.4 Å². The fourth-order valence-electron chi connectivity index (χ4n) is 1.68. The molecule has 0 atom stereocenters. The Hall–Kier alpha value is 1.31. The van der Waals surface area contributed by atoms with Crippen molar-refractivity contribution in [3.05, 3.63) is 0 Å². The van der Waals surface area contributed by atoms with E-state index >= 15 is 0 Å². The van der Waals surface area contributed by atoms with E-state index in [0.717, 1.165) is 12.8 Å². The number of ketones is 1. The molecule has 0 saturated carbocycles. The van der Waals surface area contributed by atoms with Gasteiger partial charge in [0, 0.05) is 6.42 Å². The SMILES string of the molecule is CCCCCCCCCCCC(C)=O.[KH]. The van der Waals surface area contributed by atoms with Crippen LogP contribution in [0.5, 0.6) is 0 Å². The molecule has 0 radical (unpaired) electrons. The maximum atomic E-state index is 10.7. The van der Waals surface area contributed by atoms with Gasteiger partial charge in [0.2, 0.25) is 0 Å². The zero-order valence-electron chi connectivity index (χ0n) is 9.98. The fraction of sp³-hybridized carbons (Fsp3) is 0.923. The van der Waals surface area contributed by atoms with Gasteiger partial charge >= 0.3 is 51.4 Å². The first kappa shape index (κ1) is 18.7. The topological polar surface area (TPSA) is 17.1 Å². The number of rotatable bonds is 10. The molecule has 0 aromatic rings. The van der Waals surface area contributed by atoms with E-state index in [1.165, 1.54) is 51.4 Å². The second-order valence-electron chi connectivity index (χ2n) is 4.28. The molecule has 86 valence electrons. The van der Waals surface area contributed by atoms with E-state index in [1.807, 2.05) is 0 Å². The summed E-state index contributed by atoms with van der Waals surface area (Å²) in [5, 5.41) is 0. The van der Waals surface area contributed by atoms with Crippen LogP contribution in [-0.4, -0.2) is 57.2 Å². The molecule has 2 heteroatoms. The Balaban J connectivity index is 0. The standard InChI is InChI=1S/C13H26O.K.H/c1-3-4-5-6-7-8-9-10-11-12-13(2)14;;/h3-12H2,1-2H3;;. The third-order valence-electron chi connectivity index (χ3n) is 2.63. The summed E-state index contributed by atoms with van der Waals surface area (Å²) in [5.74, 6) is 0.341. The predicted octanol–water partition coefficient (Wildman–Crippen LogP) is 3.85. The van der Waals surface area contributed by atoms with Gasteiger partial charge in [0.1, 0.15) is 5.78 Å². The Kier molecular flexibility index (Phi) is 19.0. The van der Waals surface area contributed by atoms with Crippen molar-refractivity contribution < 1.29 is 4.79 Å². The van der Waals surface area contributed by atoms with E-state index in [9.17, 15) is 4.79 Å². The summed E-state index contributed by atoms with van der Waals surface area (Å²) in [6.07, 6.45) is 12.7. The second-order valence-corrected chi connectivity index (χ2v) is 4.28. The minimum atomic E-state index is 0. The molecule has 0 rings (SSSR count). The quantitative estimate of drug-likeness (QED) is 0.417. The van der Waals surface area contributed by atoms with Gasteiger partial charge < -0.3 is 4.79 Å². The van der Waals surface area contributed by atoms with E-state index in [1.54, 1.807) is 6.92 Å². The van der Waals surface area contributed by atoms with E-state index in [0.29, 0.717) is 5.78 Å². The first-order valence-electron chi connectivity index (χ1n) is 6.26. The first-order valence-corrected chi connectivity index (χ1v) is 6.26. The summed E-state index contributed by atoms with van der Waals surface area (Å²) in [7, 11) is 0. The fourth-order valence-corrected chi connectivity index (χ4v) is 1.68. The van der Waals surface area contributed by atoms with Crippen LogP contribution in [0, 0.1) is 0 Å². The molecule has 0 unspecified atom stereocenters. The van der Waals surface area contributed by atoms with E-state index in [4.69, 9.17) is 0 Å². The second kappa shape index (κ2) is 15.3. The van der Waals surface area contributed by atoms with Crippen LogP contribution in [0.15, 0.2) is 0 Å². The molecule has 0 aromatic heterocycles. The van der Waals surface area contributed by atoms with Crippen molar-refractivity contribution in [2.75, 3.05) is 0 Å². The Labute approximate surface area is 138 Å². The predicted molar refractivity (Wildman–Crippen MR) is 69.7 cm³/mol. The summed E-state index contributed by atoms with van der Waals surface area (Å²) >= 11 is 0. The molecular formula is C13H27KO. The van der Waals surface area contributed by atoms with Crippen molar-refractivity contribution in [1.82, 2.24) is 0 Å². The summed E-state index contributed by atoms with van der Waals surface area (Å²) < 4.78 is 0. The summed E-state index contributed by atoms with van der Waals surface area (Å²) in [4.78, 5) is 10.7. The zero-order valence-corrected chi connectivity index (χ0v) is 9.98. The van der Waals surface area contributed by atoms with Crippen LogP contribution < -0.4 is 0 Å². The maximum absolute atomic E-state index is 10.7. The number of carbonyl (C=O) groups excluding carboxylic acids is 1. The Morgan fingerprint density at radius 1 is 0.800 bits per heavy atom. The first-order chi connectivity index (χ1) is 6.77. The van der Waals surface area contributed by atoms with Crippen LogP contribution in [0.3, 0.4) is 0 Å². The van der Waals surface area contributed by atoms with Crippen LogP contribution in [0.25, 0.3) is 0 Å². The molecule has 0 N–H and O–H groups in total. The van der Waals surface area contributed by atoms with Crippen molar-refractivity contribution in [1.29, 1.82) is 0 Å². The van der Waals surface area contributed by atoms with Crippen LogP contribution in [-0.2, 0) is 4.79 Å². The zero-order chi connectivity index (χ0) is 10.6. The van der Waals surface area contributed by atoms with Gasteiger partial charge in [0.15, 0.2) is 0 Å². The monoisotopic (exact) mass is 238 g/mol. The number of hydrogen-bond donors (Lipinski definition) is 0. The number of hydrogen-bond acceptors (Lipinski definition) is 1. The third-order valence-corrected chi connectivity index (χ3v) is 2.63. The molecule has 0 heterocycles. The van der Waals surface area contributed by atoms with Crippen molar-refractivity contribution >= 4 is 57.2 Å². The van der Waals surface area contributed by atoms with Gasteiger partial charge in [0.25, 0.3) is 0 Å². The van der Waals surface area contributed by atoms with Crippen LogP contribution in [0.4, 0.5) is 0 Å². The molecule has 0 fully saturated rings. The summed E-state index contributed by atoms with van der Waals surface area (Å²) in [6.45, 7) is 3.94. The van der Waals surface area contributed by atoms with Gasteiger partial charge in [0.05, 0.1) is 0 Å². The third kappa shape index (κ3) is 17.9. The normalized spacial score (nSPS) is 9.73. The van der Waals surface area contributed by atoms with Crippen molar-refractivity contribution in [3.63, 3.8) is 0 Å². The van der Waals surface area contributed by atoms with Crippen molar-refractivity contribution in [2.45, 2.75) is 78.1 Å². The van der Waals surface area contributed by atoms with Gasteiger partial charge in [-0.2, -0.15) is 0 Å². The molecule has 0 aromatic carbocycles. The van der Waals surface area contributed by atoms with E-state index < -0.39 is 0 Å². The Morgan fingerprint density at radius 3 is 1.60 bits per heavy atom. The Morgan fingerprint density at radius 2 is 1.20 bits per heavy atom. The summed E-state index contributed by atoms with van der Waals surface area (Å²) in [6, 6.07) is 0. The molecule has 0 bridgehead atoms. The molecule has 1 nitrogen and oxygen atoms in total. The van der Waals surface area contributed by atoms with Gasteiger partial charge in [-0.1, -0.05) is 58.3 Å². The van der Waals surface area contributed by atoms with Crippen LogP contribution >= 0.6 is 0 Å². The molecular weight excluding hydrogens is 211 g/mol. The molecule has 0 spiro atoms.